The highest BCUT2D eigenvalue weighted by atomic mass is 79.9. The van der Waals surface area contributed by atoms with Crippen molar-refractivity contribution in [3.8, 4) is 11.5 Å². The van der Waals surface area contributed by atoms with Crippen molar-refractivity contribution in [1.29, 1.82) is 0 Å². The van der Waals surface area contributed by atoms with Crippen molar-refractivity contribution in [3.63, 3.8) is 0 Å². The monoisotopic (exact) mass is 327 g/mol. The fraction of sp³-hybridized carbons (Fsp3) is 0.333. The summed E-state index contributed by atoms with van der Waals surface area (Å²) in [5, 5.41) is 4.50. The molecule has 1 aromatic heterocycles. The number of benzene rings is 1. The minimum atomic E-state index is -0.131. The Hall–Kier alpha value is -0.910. The van der Waals surface area contributed by atoms with Gasteiger partial charge >= 0.3 is 0 Å². The van der Waals surface area contributed by atoms with Crippen LogP contribution in [0, 0.1) is 5.92 Å². The third-order valence-corrected chi connectivity index (χ3v) is 4.35. The molecule has 1 fully saturated rings. The molecule has 2 N–H and O–H groups in total. The van der Waals surface area contributed by atoms with Gasteiger partial charge in [0, 0.05) is 4.47 Å². The van der Waals surface area contributed by atoms with Crippen molar-refractivity contribution in [1.82, 2.24) is 10.1 Å². The first-order chi connectivity index (χ1) is 8.66. The van der Waals surface area contributed by atoms with Crippen LogP contribution in [0.3, 0.4) is 0 Å². The van der Waals surface area contributed by atoms with Crippen LogP contribution in [0.5, 0.6) is 0 Å². The molecule has 1 unspecified atom stereocenters. The first kappa shape index (κ1) is 12.1. The Kier molecular flexibility index (Phi) is 3.13. The Morgan fingerprint density at radius 1 is 1.44 bits per heavy atom. The predicted molar refractivity (Wildman–Crippen MR) is 72.1 cm³/mol. The Morgan fingerprint density at radius 2 is 2.22 bits per heavy atom. The summed E-state index contributed by atoms with van der Waals surface area (Å²) >= 11 is 9.55. The zero-order valence-electron chi connectivity index (χ0n) is 9.44. The average molecular weight is 329 g/mol. The second kappa shape index (κ2) is 4.64. The van der Waals surface area contributed by atoms with E-state index in [0.29, 0.717) is 28.2 Å². The minimum Gasteiger partial charge on any atom is -0.334 e. The van der Waals surface area contributed by atoms with Gasteiger partial charge in [-0.05, 0) is 46.8 Å². The van der Waals surface area contributed by atoms with Crippen LogP contribution in [0.15, 0.2) is 27.2 Å². The average Bonchev–Trinajstić information content (AvgIpc) is 3.10. The van der Waals surface area contributed by atoms with Crippen LogP contribution in [-0.2, 0) is 0 Å². The lowest BCUT2D eigenvalue weighted by atomic mass is 10.2. The molecule has 1 atom stereocenters. The van der Waals surface area contributed by atoms with Crippen molar-refractivity contribution in [2.24, 2.45) is 11.7 Å². The molecular weight excluding hydrogens is 318 g/mol. The van der Waals surface area contributed by atoms with E-state index in [-0.39, 0.29) is 6.04 Å². The van der Waals surface area contributed by atoms with Crippen LogP contribution in [0.4, 0.5) is 0 Å². The van der Waals surface area contributed by atoms with E-state index in [9.17, 15) is 0 Å². The van der Waals surface area contributed by atoms with Gasteiger partial charge in [0.05, 0.1) is 16.6 Å². The second-order valence-electron chi connectivity index (χ2n) is 4.42. The summed E-state index contributed by atoms with van der Waals surface area (Å²) < 4.78 is 6.04. The zero-order valence-corrected chi connectivity index (χ0v) is 11.8. The summed E-state index contributed by atoms with van der Waals surface area (Å²) in [6, 6.07) is 5.44. The third kappa shape index (κ3) is 2.18. The van der Waals surface area contributed by atoms with Crippen LogP contribution in [-0.4, -0.2) is 10.1 Å². The Bertz CT molecular complexity index is 582. The molecule has 0 bridgehead atoms. The second-order valence-corrected chi connectivity index (χ2v) is 5.65. The van der Waals surface area contributed by atoms with Crippen LogP contribution in [0.25, 0.3) is 11.5 Å². The summed E-state index contributed by atoms with van der Waals surface area (Å²) in [6.45, 7) is 0. The third-order valence-electron chi connectivity index (χ3n) is 3.05. The number of halogens is 2. The first-order valence-corrected chi connectivity index (χ1v) is 6.87. The molecule has 3 rings (SSSR count). The molecule has 94 valence electrons. The summed E-state index contributed by atoms with van der Waals surface area (Å²) in [7, 11) is 0. The fourth-order valence-electron chi connectivity index (χ4n) is 1.81. The molecule has 6 heteroatoms. The molecule has 2 aromatic rings. The van der Waals surface area contributed by atoms with E-state index in [1.807, 2.05) is 18.2 Å². The van der Waals surface area contributed by atoms with Crippen molar-refractivity contribution in [2.75, 3.05) is 0 Å². The predicted octanol–water partition coefficient (Wildman–Crippen LogP) is 3.56. The highest BCUT2D eigenvalue weighted by Gasteiger charge is 2.32. The van der Waals surface area contributed by atoms with E-state index in [2.05, 4.69) is 26.1 Å². The Balaban J connectivity index is 1.94. The molecule has 18 heavy (non-hydrogen) atoms. The highest BCUT2D eigenvalue weighted by Crippen LogP contribution is 2.39. The number of hydrogen-bond donors (Lipinski definition) is 1. The maximum atomic E-state index is 6.19. The Morgan fingerprint density at radius 3 is 2.94 bits per heavy atom. The fourth-order valence-corrected chi connectivity index (χ4v) is 2.39. The van der Waals surface area contributed by atoms with Gasteiger partial charge in [-0.25, -0.2) is 0 Å². The zero-order chi connectivity index (χ0) is 12.7. The molecule has 4 nitrogen and oxygen atoms in total. The summed E-state index contributed by atoms with van der Waals surface area (Å²) in [4.78, 5) is 4.34. The van der Waals surface area contributed by atoms with Crippen LogP contribution in [0.2, 0.25) is 5.02 Å². The topological polar surface area (TPSA) is 64.9 Å². The largest absolute Gasteiger partial charge is 0.334 e. The molecule has 0 aliphatic heterocycles. The van der Waals surface area contributed by atoms with E-state index in [4.69, 9.17) is 21.9 Å². The number of aromatic nitrogens is 2. The number of rotatable bonds is 3. The van der Waals surface area contributed by atoms with Crippen LogP contribution < -0.4 is 5.73 Å². The van der Waals surface area contributed by atoms with E-state index in [1.165, 1.54) is 0 Å². The molecule has 0 saturated heterocycles. The maximum Gasteiger partial charge on any atom is 0.259 e. The normalized spacial score (nSPS) is 16.8. The number of nitrogens with two attached hydrogens (primary N) is 1. The molecule has 1 aliphatic carbocycles. The van der Waals surface area contributed by atoms with Crippen molar-refractivity contribution in [2.45, 2.75) is 18.9 Å². The van der Waals surface area contributed by atoms with Gasteiger partial charge in [-0.1, -0.05) is 22.8 Å². The van der Waals surface area contributed by atoms with E-state index >= 15 is 0 Å². The lowest BCUT2D eigenvalue weighted by Crippen LogP contribution is -2.13. The molecule has 0 radical (unpaired) electrons. The van der Waals surface area contributed by atoms with E-state index < -0.39 is 0 Å². The number of hydrogen-bond acceptors (Lipinski definition) is 4. The minimum absolute atomic E-state index is 0.131. The van der Waals surface area contributed by atoms with E-state index in [0.717, 1.165) is 17.3 Å². The summed E-state index contributed by atoms with van der Waals surface area (Å²) in [6.07, 6.45) is 2.28. The first-order valence-electron chi connectivity index (χ1n) is 5.70. The number of nitrogens with zero attached hydrogens (tertiary/aromatic N) is 2. The molecular formula is C12H11BrClN3O. The molecule has 0 spiro atoms. The van der Waals surface area contributed by atoms with Gasteiger partial charge in [-0.3, -0.25) is 0 Å². The summed E-state index contributed by atoms with van der Waals surface area (Å²) in [5.41, 5.74) is 6.75. The van der Waals surface area contributed by atoms with Crippen LogP contribution >= 0.6 is 27.5 Å². The lowest BCUT2D eigenvalue weighted by molar-refractivity contribution is 0.411. The Labute approximate surface area is 118 Å². The quantitative estimate of drug-likeness (QED) is 0.935. The van der Waals surface area contributed by atoms with Crippen molar-refractivity contribution in [3.05, 3.63) is 33.5 Å². The summed E-state index contributed by atoms with van der Waals surface area (Å²) in [5.74, 6) is 1.46. The molecule has 1 saturated carbocycles. The smallest absolute Gasteiger partial charge is 0.259 e. The molecule has 1 heterocycles. The van der Waals surface area contributed by atoms with Gasteiger partial charge in [-0.2, -0.15) is 4.98 Å². The SMILES string of the molecule is NC(c1noc(-c2cccc(Br)c2Cl)n1)C1CC1. The standard InChI is InChI=1S/C12H11BrClN3O/c13-8-3-1-2-7(9(8)14)12-16-11(17-18-12)10(15)6-4-5-6/h1-3,6,10H,4-5,15H2. The van der Waals surface area contributed by atoms with Gasteiger partial charge in [0.1, 0.15) is 0 Å². The lowest BCUT2D eigenvalue weighted by Gasteiger charge is -2.02. The van der Waals surface area contributed by atoms with Gasteiger partial charge < -0.3 is 10.3 Å². The van der Waals surface area contributed by atoms with E-state index in [1.54, 1.807) is 0 Å². The highest BCUT2D eigenvalue weighted by molar-refractivity contribution is 9.10. The molecule has 0 amide bonds. The molecule has 1 aromatic carbocycles. The van der Waals surface area contributed by atoms with Gasteiger partial charge in [0.2, 0.25) is 0 Å². The van der Waals surface area contributed by atoms with Gasteiger partial charge in [0.25, 0.3) is 5.89 Å². The maximum absolute atomic E-state index is 6.19. The van der Waals surface area contributed by atoms with Crippen molar-refractivity contribution >= 4 is 27.5 Å². The molecule has 1 aliphatic rings. The van der Waals surface area contributed by atoms with Gasteiger partial charge in [-0.15, -0.1) is 0 Å². The van der Waals surface area contributed by atoms with Gasteiger partial charge in [0.15, 0.2) is 5.82 Å². The van der Waals surface area contributed by atoms with Crippen molar-refractivity contribution < 1.29 is 4.52 Å². The van der Waals surface area contributed by atoms with Crippen LogP contribution in [0.1, 0.15) is 24.7 Å².